The van der Waals surface area contributed by atoms with Gasteiger partial charge in [0.15, 0.2) is 0 Å². The summed E-state index contributed by atoms with van der Waals surface area (Å²) in [4.78, 5) is 17.1. The Morgan fingerprint density at radius 2 is 1.68 bits per heavy atom. The normalized spacial score (nSPS) is 13.7. The smallest absolute Gasteiger partial charge is 0.347 e. The number of nitrogens with one attached hydrogen (secondary N) is 1. The fourth-order valence-electron chi connectivity index (χ4n) is 4.60. The van der Waals surface area contributed by atoms with Gasteiger partial charge in [0.2, 0.25) is 0 Å². The topological polar surface area (TPSA) is 91.7 Å². The first-order chi connectivity index (χ1) is 19.3. The fourth-order valence-corrected chi connectivity index (χ4v) is 6.48. The highest BCUT2D eigenvalue weighted by molar-refractivity contribution is 7.65. The van der Waals surface area contributed by atoms with Crippen LogP contribution >= 0.6 is 7.52 Å². The second-order valence-electron chi connectivity index (χ2n) is 9.80. The van der Waals surface area contributed by atoms with E-state index in [1.165, 1.54) is 0 Å². The number of aromatic nitrogens is 2. The lowest BCUT2D eigenvalue weighted by atomic mass is 10.2. The second kappa shape index (κ2) is 11.5. The Bertz CT molecular complexity index is 1680. The summed E-state index contributed by atoms with van der Waals surface area (Å²) in [7, 11) is -2.06. The van der Waals surface area contributed by atoms with Crippen LogP contribution in [0.1, 0.15) is 26.3 Å². The first-order valence-electron chi connectivity index (χ1n) is 13.1. The molecule has 2 atom stereocenters. The predicted octanol–water partition coefficient (Wildman–Crippen LogP) is 6.07. The number of hydrogen-bond donors (Lipinski definition) is 1. The van der Waals surface area contributed by atoms with Crippen molar-refractivity contribution in [3.05, 3.63) is 96.7 Å². The quantitative estimate of drug-likeness (QED) is 0.165. The van der Waals surface area contributed by atoms with Gasteiger partial charge in [-0.1, -0.05) is 30.3 Å². The fraction of sp³-hybridized carbons (Fsp3) is 0.226. The molecule has 8 nitrogen and oxygen atoms in total. The van der Waals surface area contributed by atoms with Crippen LogP contribution < -0.4 is 19.7 Å². The van der Waals surface area contributed by atoms with Gasteiger partial charge < -0.3 is 18.6 Å². The summed E-state index contributed by atoms with van der Waals surface area (Å²) in [6, 6.07) is 25.4. The Balaban J connectivity index is 1.47. The number of carbonyl (C=O) groups excluding carboxylic acids is 1. The lowest BCUT2D eigenvalue weighted by Gasteiger charge is -2.24. The molecule has 0 amide bonds. The van der Waals surface area contributed by atoms with Gasteiger partial charge >= 0.3 is 13.5 Å². The molecule has 0 spiro atoms. The van der Waals surface area contributed by atoms with E-state index in [2.05, 4.69) is 14.6 Å². The van der Waals surface area contributed by atoms with Crippen LogP contribution in [0.5, 0.6) is 11.5 Å². The molecule has 1 unspecified atom stereocenters. The molecule has 40 heavy (non-hydrogen) atoms. The van der Waals surface area contributed by atoms with Crippen molar-refractivity contribution < 1.29 is 23.4 Å². The van der Waals surface area contributed by atoms with Gasteiger partial charge in [0.1, 0.15) is 17.5 Å². The van der Waals surface area contributed by atoms with E-state index < -0.39 is 19.5 Å². The molecule has 206 valence electrons. The van der Waals surface area contributed by atoms with Crippen molar-refractivity contribution in [1.82, 2.24) is 14.6 Å². The minimum Gasteiger partial charge on any atom is -0.497 e. The van der Waals surface area contributed by atoms with E-state index in [1.807, 2.05) is 48.5 Å². The third-order valence-corrected chi connectivity index (χ3v) is 8.66. The van der Waals surface area contributed by atoms with E-state index in [0.29, 0.717) is 17.6 Å². The zero-order chi connectivity index (χ0) is 28.3. The molecule has 0 aliphatic rings. The molecule has 0 saturated carbocycles. The standard InChI is InChI=1S/C31H32N3O5P/c1-21(2)38-31(35)22(3)33-40(36,39-24-9-6-5-7-10-24)26-15-12-23(13-16-26)20-34-28-17-14-25(37-4)19-27(28)30-29(34)11-8-18-32-30/h5-19,21-22H,20H2,1-4H3,(H,33,36)/t22-,40?/m0/s1. The second-order valence-corrected chi connectivity index (χ2v) is 11.9. The molecule has 2 aromatic heterocycles. The Labute approximate surface area is 233 Å². The Hall–Kier alpha value is -4.13. The highest BCUT2D eigenvalue weighted by Gasteiger charge is 2.33. The zero-order valence-electron chi connectivity index (χ0n) is 22.9. The van der Waals surface area contributed by atoms with E-state index in [0.717, 1.165) is 33.2 Å². The number of carbonyl (C=O) groups is 1. The lowest BCUT2D eigenvalue weighted by molar-refractivity contribution is -0.149. The molecule has 0 saturated heterocycles. The van der Waals surface area contributed by atoms with E-state index >= 15 is 0 Å². The van der Waals surface area contributed by atoms with E-state index in [9.17, 15) is 9.36 Å². The molecule has 0 radical (unpaired) electrons. The molecule has 0 aliphatic carbocycles. The van der Waals surface area contributed by atoms with Crippen molar-refractivity contribution >= 4 is 40.7 Å². The van der Waals surface area contributed by atoms with Crippen LogP contribution in [0.15, 0.2) is 91.1 Å². The number of methoxy groups -OCH3 is 1. The van der Waals surface area contributed by atoms with Crippen molar-refractivity contribution in [3.63, 3.8) is 0 Å². The monoisotopic (exact) mass is 557 g/mol. The molecule has 2 heterocycles. The molecular formula is C31H32N3O5P. The number of hydrogen-bond acceptors (Lipinski definition) is 6. The molecular weight excluding hydrogens is 525 g/mol. The molecule has 1 N–H and O–H groups in total. The average Bonchev–Trinajstić information content (AvgIpc) is 3.26. The summed E-state index contributed by atoms with van der Waals surface area (Å²) in [5.74, 6) is 0.704. The van der Waals surface area contributed by atoms with Gasteiger partial charge in [-0.3, -0.25) is 14.3 Å². The number of fused-ring (bicyclic) bond motifs is 3. The maximum absolute atomic E-state index is 14.3. The van der Waals surface area contributed by atoms with Gasteiger partial charge in [-0.15, -0.1) is 0 Å². The molecule has 0 bridgehead atoms. The van der Waals surface area contributed by atoms with Crippen LogP contribution in [0, 0.1) is 0 Å². The van der Waals surface area contributed by atoms with Crippen molar-refractivity contribution in [2.24, 2.45) is 0 Å². The highest BCUT2D eigenvalue weighted by Crippen LogP contribution is 2.43. The van der Waals surface area contributed by atoms with Gasteiger partial charge in [0.05, 0.1) is 35.1 Å². The molecule has 5 aromatic rings. The Morgan fingerprint density at radius 1 is 0.925 bits per heavy atom. The minimum atomic E-state index is -3.71. The number of ether oxygens (including phenoxy) is 2. The van der Waals surface area contributed by atoms with E-state index in [1.54, 1.807) is 70.5 Å². The van der Waals surface area contributed by atoms with Crippen molar-refractivity contribution in [1.29, 1.82) is 0 Å². The van der Waals surface area contributed by atoms with Crippen LogP contribution in [-0.2, 0) is 20.6 Å². The maximum Gasteiger partial charge on any atom is 0.347 e. The summed E-state index contributed by atoms with van der Waals surface area (Å²) >= 11 is 0. The molecule has 9 heteroatoms. The van der Waals surface area contributed by atoms with Crippen molar-refractivity contribution in [2.45, 2.75) is 39.5 Å². The number of rotatable bonds is 10. The van der Waals surface area contributed by atoms with Crippen LogP contribution in [0.3, 0.4) is 0 Å². The number of pyridine rings is 1. The SMILES string of the molecule is COc1ccc2c(c1)c1ncccc1n2Cc1ccc(P(=O)(N[C@@H](C)C(=O)OC(C)C)Oc2ccccc2)cc1. The molecule has 0 fully saturated rings. The highest BCUT2D eigenvalue weighted by atomic mass is 31.2. The van der Waals surface area contributed by atoms with Crippen LogP contribution in [0.4, 0.5) is 0 Å². The number of nitrogens with zero attached hydrogens (tertiary/aromatic N) is 2. The van der Waals surface area contributed by atoms with Crippen molar-refractivity contribution in [2.75, 3.05) is 7.11 Å². The number of para-hydroxylation sites is 1. The van der Waals surface area contributed by atoms with E-state index in [4.69, 9.17) is 14.0 Å². The number of benzene rings is 3. The van der Waals surface area contributed by atoms with Crippen LogP contribution in [0.2, 0.25) is 0 Å². The van der Waals surface area contributed by atoms with Crippen molar-refractivity contribution in [3.8, 4) is 11.5 Å². The summed E-state index contributed by atoms with van der Waals surface area (Å²) in [5, 5.41) is 4.38. The molecule has 3 aromatic carbocycles. The third kappa shape index (κ3) is 5.74. The summed E-state index contributed by atoms with van der Waals surface area (Å²) in [6.07, 6.45) is 1.50. The predicted molar refractivity (Wildman–Crippen MR) is 157 cm³/mol. The summed E-state index contributed by atoms with van der Waals surface area (Å²) in [6.45, 7) is 5.73. The molecule has 5 rings (SSSR count). The summed E-state index contributed by atoms with van der Waals surface area (Å²) < 4.78 is 33.2. The Kier molecular flexibility index (Phi) is 7.92. The van der Waals surface area contributed by atoms with Crippen LogP contribution in [0.25, 0.3) is 21.9 Å². The zero-order valence-corrected chi connectivity index (χ0v) is 23.8. The maximum atomic E-state index is 14.3. The number of esters is 1. The van der Waals surface area contributed by atoms with Gasteiger partial charge in [0, 0.05) is 18.1 Å². The summed E-state index contributed by atoms with van der Waals surface area (Å²) in [5.41, 5.74) is 3.95. The van der Waals surface area contributed by atoms with Gasteiger partial charge in [-0.25, -0.2) is 5.09 Å². The largest absolute Gasteiger partial charge is 0.497 e. The Morgan fingerprint density at radius 3 is 2.38 bits per heavy atom. The third-order valence-electron chi connectivity index (χ3n) is 6.49. The minimum absolute atomic E-state index is 0.289. The van der Waals surface area contributed by atoms with E-state index in [-0.39, 0.29) is 6.10 Å². The van der Waals surface area contributed by atoms with Gasteiger partial charge in [-0.05, 0) is 80.9 Å². The first kappa shape index (κ1) is 27.4. The van der Waals surface area contributed by atoms with Crippen LogP contribution in [-0.4, -0.2) is 34.8 Å². The molecule has 0 aliphatic heterocycles. The average molecular weight is 558 g/mol. The van der Waals surface area contributed by atoms with Gasteiger partial charge in [0.25, 0.3) is 0 Å². The lowest BCUT2D eigenvalue weighted by Crippen LogP contribution is -2.38. The van der Waals surface area contributed by atoms with Gasteiger partial charge in [-0.2, -0.15) is 0 Å². The first-order valence-corrected chi connectivity index (χ1v) is 14.7.